The predicted molar refractivity (Wildman–Crippen MR) is 128 cm³/mol. The highest BCUT2D eigenvalue weighted by Crippen LogP contribution is 2.26. The number of amides is 1. The number of sulfonamides is 1. The van der Waals surface area contributed by atoms with E-state index in [0.717, 1.165) is 4.31 Å². The summed E-state index contributed by atoms with van der Waals surface area (Å²) >= 11 is 6.08. The standard InChI is InChI=1S/C24H23ClN2O5S/c1-3-32-24(29)18-13-12-17(2)22(14-18)26-23(28)16-27(20-9-7-8-19(25)15-20)33(30,31)21-10-5-4-6-11-21/h4-15H,3,16H2,1-2H3,(H,26,28). The van der Waals surface area contributed by atoms with Gasteiger partial charge in [-0.15, -0.1) is 0 Å². The molecule has 7 nitrogen and oxygen atoms in total. The van der Waals surface area contributed by atoms with Crippen LogP contribution in [0.1, 0.15) is 22.8 Å². The minimum atomic E-state index is -4.06. The van der Waals surface area contributed by atoms with E-state index in [1.165, 1.54) is 24.3 Å². The van der Waals surface area contributed by atoms with E-state index in [1.807, 2.05) is 0 Å². The van der Waals surface area contributed by atoms with Crippen molar-refractivity contribution >= 4 is 44.9 Å². The first-order valence-corrected chi connectivity index (χ1v) is 11.9. The molecule has 1 amide bonds. The van der Waals surface area contributed by atoms with Crippen molar-refractivity contribution < 1.29 is 22.7 Å². The number of aryl methyl sites for hydroxylation is 1. The van der Waals surface area contributed by atoms with Crippen LogP contribution in [0, 0.1) is 6.92 Å². The molecule has 3 aromatic rings. The van der Waals surface area contributed by atoms with Crippen LogP contribution in [0.15, 0.2) is 77.7 Å². The summed E-state index contributed by atoms with van der Waals surface area (Å²) < 4.78 is 32.7. The summed E-state index contributed by atoms with van der Waals surface area (Å²) in [6.07, 6.45) is 0. The van der Waals surface area contributed by atoms with Crippen molar-refractivity contribution in [3.8, 4) is 0 Å². The van der Waals surface area contributed by atoms with Gasteiger partial charge in [0.25, 0.3) is 10.0 Å². The second-order valence-corrected chi connectivity index (χ2v) is 9.40. The Morgan fingerprint density at radius 2 is 1.73 bits per heavy atom. The molecule has 0 aromatic heterocycles. The number of halogens is 1. The van der Waals surface area contributed by atoms with E-state index in [2.05, 4.69) is 5.32 Å². The molecule has 3 aromatic carbocycles. The van der Waals surface area contributed by atoms with E-state index >= 15 is 0 Å². The Morgan fingerprint density at radius 3 is 2.39 bits per heavy atom. The van der Waals surface area contributed by atoms with Crippen LogP contribution in [0.25, 0.3) is 0 Å². The molecule has 33 heavy (non-hydrogen) atoms. The highest BCUT2D eigenvalue weighted by atomic mass is 35.5. The average molecular weight is 487 g/mol. The Balaban J connectivity index is 1.92. The molecule has 0 unspecified atom stereocenters. The summed E-state index contributed by atoms with van der Waals surface area (Å²) in [5.41, 5.74) is 1.62. The summed E-state index contributed by atoms with van der Waals surface area (Å²) in [6.45, 7) is 3.19. The molecule has 0 fully saturated rings. The van der Waals surface area contributed by atoms with Gasteiger partial charge in [0.15, 0.2) is 0 Å². The van der Waals surface area contributed by atoms with Crippen LogP contribution in [0.2, 0.25) is 5.02 Å². The zero-order valence-corrected chi connectivity index (χ0v) is 19.7. The van der Waals surface area contributed by atoms with Gasteiger partial charge in [0.05, 0.1) is 22.8 Å². The number of ether oxygens (including phenoxy) is 1. The zero-order valence-electron chi connectivity index (χ0n) is 18.1. The van der Waals surface area contributed by atoms with Gasteiger partial charge >= 0.3 is 5.97 Å². The number of nitrogens with zero attached hydrogens (tertiary/aromatic N) is 1. The molecule has 0 bridgehead atoms. The predicted octanol–water partition coefficient (Wildman–Crippen LogP) is 4.66. The minimum absolute atomic E-state index is 0.0401. The summed E-state index contributed by atoms with van der Waals surface area (Å²) in [5, 5.41) is 3.03. The lowest BCUT2D eigenvalue weighted by molar-refractivity contribution is -0.114. The van der Waals surface area contributed by atoms with Gasteiger partial charge in [-0.1, -0.05) is 41.9 Å². The Morgan fingerprint density at radius 1 is 1.00 bits per heavy atom. The number of hydrogen-bond acceptors (Lipinski definition) is 5. The molecule has 0 saturated carbocycles. The Hall–Kier alpha value is -3.36. The van der Waals surface area contributed by atoms with E-state index in [-0.39, 0.29) is 22.8 Å². The van der Waals surface area contributed by atoms with E-state index < -0.39 is 28.4 Å². The van der Waals surface area contributed by atoms with Crippen LogP contribution in [0.5, 0.6) is 0 Å². The van der Waals surface area contributed by atoms with E-state index in [0.29, 0.717) is 16.3 Å². The number of carbonyl (C=O) groups is 2. The smallest absolute Gasteiger partial charge is 0.338 e. The fourth-order valence-corrected chi connectivity index (χ4v) is 4.70. The summed E-state index contributed by atoms with van der Waals surface area (Å²) in [4.78, 5) is 25.0. The van der Waals surface area contributed by atoms with Crippen molar-refractivity contribution in [3.05, 3.63) is 88.9 Å². The molecule has 0 spiro atoms. The normalized spacial score (nSPS) is 11.0. The second-order valence-electron chi connectivity index (χ2n) is 7.10. The Kier molecular flexibility index (Phi) is 7.73. The van der Waals surface area contributed by atoms with Crippen molar-refractivity contribution in [1.82, 2.24) is 0 Å². The van der Waals surface area contributed by atoms with Crippen molar-refractivity contribution in [2.24, 2.45) is 0 Å². The lowest BCUT2D eigenvalue weighted by Gasteiger charge is -2.24. The maximum Gasteiger partial charge on any atom is 0.338 e. The molecule has 0 saturated heterocycles. The lowest BCUT2D eigenvalue weighted by atomic mass is 10.1. The minimum Gasteiger partial charge on any atom is -0.462 e. The number of esters is 1. The quantitative estimate of drug-likeness (QED) is 0.467. The van der Waals surface area contributed by atoms with Crippen LogP contribution in [-0.2, 0) is 19.6 Å². The van der Waals surface area contributed by atoms with Crippen molar-refractivity contribution in [3.63, 3.8) is 0 Å². The monoisotopic (exact) mass is 486 g/mol. The molecule has 3 rings (SSSR count). The number of rotatable bonds is 8. The zero-order chi connectivity index (χ0) is 24.0. The third kappa shape index (κ3) is 5.91. The highest BCUT2D eigenvalue weighted by Gasteiger charge is 2.27. The first kappa shape index (κ1) is 24.3. The topological polar surface area (TPSA) is 92.8 Å². The van der Waals surface area contributed by atoms with Crippen LogP contribution < -0.4 is 9.62 Å². The fraction of sp³-hybridized carbons (Fsp3) is 0.167. The average Bonchev–Trinajstić information content (AvgIpc) is 2.79. The summed E-state index contributed by atoms with van der Waals surface area (Å²) in [7, 11) is -4.06. The van der Waals surface area contributed by atoms with E-state index in [9.17, 15) is 18.0 Å². The maximum atomic E-state index is 13.4. The molecular weight excluding hydrogens is 464 g/mol. The maximum absolute atomic E-state index is 13.4. The molecule has 0 radical (unpaired) electrons. The van der Waals surface area contributed by atoms with Crippen molar-refractivity contribution in [2.45, 2.75) is 18.7 Å². The van der Waals surface area contributed by atoms with Gasteiger partial charge in [-0.25, -0.2) is 13.2 Å². The third-order valence-corrected chi connectivity index (χ3v) is 6.76. The van der Waals surface area contributed by atoms with Gasteiger partial charge in [-0.3, -0.25) is 9.10 Å². The molecule has 9 heteroatoms. The van der Waals surface area contributed by atoms with Gasteiger partial charge in [0.2, 0.25) is 5.91 Å². The third-order valence-electron chi connectivity index (χ3n) is 4.74. The van der Waals surface area contributed by atoms with Crippen LogP contribution >= 0.6 is 11.6 Å². The number of anilines is 2. The summed E-state index contributed by atoms with van der Waals surface area (Å²) in [5.74, 6) is -1.10. The molecular formula is C24H23ClN2O5S. The SMILES string of the molecule is CCOC(=O)c1ccc(C)c(NC(=O)CN(c2cccc(Cl)c2)S(=O)(=O)c2ccccc2)c1. The number of nitrogens with one attached hydrogen (secondary N) is 1. The largest absolute Gasteiger partial charge is 0.462 e. The van der Waals surface area contributed by atoms with Gasteiger partial charge in [-0.05, 0) is 61.9 Å². The lowest BCUT2D eigenvalue weighted by Crippen LogP contribution is -2.38. The Labute approximate surface area is 198 Å². The Bertz CT molecular complexity index is 1260. The van der Waals surface area contributed by atoms with E-state index in [1.54, 1.807) is 62.4 Å². The van der Waals surface area contributed by atoms with Crippen LogP contribution in [0.3, 0.4) is 0 Å². The van der Waals surface area contributed by atoms with E-state index in [4.69, 9.17) is 16.3 Å². The van der Waals surface area contributed by atoms with Gasteiger partial charge in [0.1, 0.15) is 6.54 Å². The molecule has 0 aliphatic heterocycles. The van der Waals surface area contributed by atoms with Crippen LogP contribution in [-0.4, -0.2) is 33.4 Å². The number of carbonyl (C=O) groups excluding carboxylic acids is 2. The highest BCUT2D eigenvalue weighted by molar-refractivity contribution is 7.92. The van der Waals surface area contributed by atoms with Crippen LogP contribution in [0.4, 0.5) is 11.4 Å². The number of hydrogen-bond donors (Lipinski definition) is 1. The fourth-order valence-electron chi connectivity index (χ4n) is 3.08. The van der Waals surface area contributed by atoms with Gasteiger partial charge in [0, 0.05) is 10.7 Å². The molecule has 0 atom stereocenters. The van der Waals surface area contributed by atoms with Gasteiger partial charge in [-0.2, -0.15) is 0 Å². The summed E-state index contributed by atoms with van der Waals surface area (Å²) in [6, 6.07) is 18.9. The first-order valence-electron chi connectivity index (χ1n) is 10.1. The first-order chi connectivity index (χ1) is 15.7. The molecule has 0 aliphatic carbocycles. The second kappa shape index (κ2) is 10.5. The molecule has 172 valence electrons. The van der Waals surface area contributed by atoms with Crippen molar-refractivity contribution in [2.75, 3.05) is 22.8 Å². The molecule has 0 aliphatic rings. The van der Waals surface area contributed by atoms with Gasteiger partial charge < -0.3 is 10.1 Å². The molecule has 1 N–H and O–H groups in total. The number of benzene rings is 3. The van der Waals surface area contributed by atoms with Crippen molar-refractivity contribution in [1.29, 1.82) is 0 Å². The molecule has 0 heterocycles.